The van der Waals surface area contributed by atoms with Crippen LogP contribution in [-0.2, 0) is 5.41 Å². The lowest BCUT2D eigenvalue weighted by atomic mass is 9.66. The third kappa shape index (κ3) is 1.18. The van der Waals surface area contributed by atoms with Crippen molar-refractivity contribution in [2.24, 2.45) is 9.98 Å². The van der Waals surface area contributed by atoms with Gasteiger partial charge in [0, 0.05) is 6.20 Å². The van der Waals surface area contributed by atoms with Gasteiger partial charge in [-0.3, -0.25) is 9.98 Å². The van der Waals surface area contributed by atoms with Gasteiger partial charge in [-0.25, -0.2) is 0 Å². The Morgan fingerprint density at radius 1 is 0.857 bits per heavy atom. The normalized spacial score (nSPS) is 23.6. The van der Waals surface area contributed by atoms with Gasteiger partial charge in [0.05, 0.1) is 23.0 Å². The minimum atomic E-state index is -0.274. The molecule has 0 aromatic heterocycles. The van der Waals surface area contributed by atoms with Crippen LogP contribution in [0.1, 0.15) is 16.7 Å². The van der Waals surface area contributed by atoms with Crippen LogP contribution >= 0.6 is 0 Å². The van der Waals surface area contributed by atoms with E-state index < -0.39 is 0 Å². The Bertz CT molecular complexity index is 899. The summed E-state index contributed by atoms with van der Waals surface area (Å²) in [4.78, 5) is 9.22. The van der Waals surface area contributed by atoms with Gasteiger partial charge in [-0.05, 0) is 40.5 Å². The Balaban J connectivity index is 1.96. The van der Waals surface area contributed by atoms with Crippen molar-refractivity contribution >= 4 is 23.7 Å². The summed E-state index contributed by atoms with van der Waals surface area (Å²) in [5.41, 5.74) is 6.87. The zero-order chi connectivity index (χ0) is 13.9. The van der Waals surface area contributed by atoms with Crippen LogP contribution < -0.4 is 0 Å². The van der Waals surface area contributed by atoms with E-state index in [0.717, 1.165) is 11.4 Å². The van der Waals surface area contributed by atoms with Crippen LogP contribution in [0.2, 0.25) is 0 Å². The molecule has 5 rings (SSSR count). The van der Waals surface area contributed by atoms with Gasteiger partial charge >= 0.3 is 0 Å². The number of benzene rings is 2. The smallest absolute Gasteiger partial charge is 0.0916 e. The quantitative estimate of drug-likeness (QED) is 0.688. The summed E-state index contributed by atoms with van der Waals surface area (Å²) in [6.45, 7) is 0. The molecule has 3 aliphatic rings. The maximum absolute atomic E-state index is 4.63. The number of hydrogen-bond acceptors (Lipinski definition) is 2. The molecule has 0 amide bonds. The molecule has 0 fully saturated rings. The van der Waals surface area contributed by atoms with Crippen molar-refractivity contribution in [2.45, 2.75) is 5.41 Å². The molecule has 2 heterocycles. The summed E-state index contributed by atoms with van der Waals surface area (Å²) in [5, 5.41) is 0. The Morgan fingerprint density at radius 3 is 2.62 bits per heavy atom. The first-order valence-electron chi connectivity index (χ1n) is 7.11. The highest BCUT2D eigenvalue weighted by Gasteiger charge is 2.49. The number of allylic oxidation sites excluding steroid dienone is 2. The van der Waals surface area contributed by atoms with Gasteiger partial charge in [-0.1, -0.05) is 42.5 Å². The van der Waals surface area contributed by atoms with Crippen molar-refractivity contribution in [3.63, 3.8) is 0 Å². The van der Waals surface area contributed by atoms with Crippen LogP contribution in [0.5, 0.6) is 0 Å². The second kappa shape index (κ2) is 3.67. The standard InChI is InChI=1S/C19H12N2/c1-2-6-15-13(5-1)11-14-9-10-20-18-12-21-17-8-4-3-7-16(17)19(14,15)18/h1-12H. The van der Waals surface area contributed by atoms with E-state index in [-0.39, 0.29) is 5.41 Å². The lowest BCUT2D eigenvalue weighted by molar-refractivity contribution is 0.842. The predicted octanol–water partition coefficient (Wildman–Crippen LogP) is 4.05. The summed E-state index contributed by atoms with van der Waals surface area (Å²) in [6.07, 6.45) is 8.20. The van der Waals surface area contributed by atoms with Crippen molar-refractivity contribution in [3.05, 3.63) is 83.1 Å². The number of hydrogen-bond donors (Lipinski definition) is 0. The number of para-hydroxylation sites is 1. The fourth-order valence-electron chi connectivity index (χ4n) is 3.75. The number of fused-ring (bicyclic) bond motifs is 2. The average Bonchev–Trinajstić information content (AvgIpc) is 2.89. The van der Waals surface area contributed by atoms with Crippen LogP contribution in [0.25, 0.3) is 6.08 Å². The van der Waals surface area contributed by atoms with E-state index in [0.29, 0.717) is 0 Å². The van der Waals surface area contributed by atoms with E-state index >= 15 is 0 Å². The number of nitrogens with zero attached hydrogens (tertiary/aromatic N) is 2. The van der Waals surface area contributed by atoms with E-state index in [2.05, 4.69) is 64.6 Å². The monoisotopic (exact) mass is 268 g/mol. The van der Waals surface area contributed by atoms with Crippen LogP contribution in [0.15, 0.2) is 76.4 Å². The Hall–Kier alpha value is -2.74. The fraction of sp³-hybridized carbons (Fsp3) is 0.0526. The first-order chi connectivity index (χ1) is 10.4. The summed E-state index contributed by atoms with van der Waals surface area (Å²) < 4.78 is 0. The zero-order valence-electron chi connectivity index (χ0n) is 11.3. The average molecular weight is 268 g/mol. The molecular formula is C19H12N2. The molecule has 1 spiro atoms. The van der Waals surface area contributed by atoms with Crippen LogP contribution in [-0.4, -0.2) is 11.9 Å². The molecule has 2 heteroatoms. The molecule has 0 radical (unpaired) electrons. The SMILES string of the molecule is C1=CC2=Cc3ccccc3C23C(=N1)C=Nc1ccccc13. The van der Waals surface area contributed by atoms with Gasteiger partial charge in [0.15, 0.2) is 0 Å². The molecule has 2 aliphatic heterocycles. The lowest BCUT2D eigenvalue weighted by Gasteiger charge is -2.37. The molecule has 0 saturated heterocycles. The molecule has 21 heavy (non-hydrogen) atoms. The molecule has 0 saturated carbocycles. The Labute approximate surface area is 122 Å². The molecule has 2 nitrogen and oxygen atoms in total. The largest absolute Gasteiger partial charge is 0.258 e. The van der Waals surface area contributed by atoms with Gasteiger partial charge in [-0.2, -0.15) is 0 Å². The van der Waals surface area contributed by atoms with Gasteiger partial charge in [0.2, 0.25) is 0 Å². The molecule has 98 valence electrons. The number of aliphatic imine (C=N–C) groups is 2. The van der Waals surface area contributed by atoms with Crippen molar-refractivity contribution in [3.8, 4) is 0 Å². The molecule has 1 atom stereocenters. The molecule has 1 unspecified atom stereocenters. The summed E-state index contributed by atoms with van der Waals surface area (Å²) in [5.74, 6) is 0. The summed E-state index contributed by atoms with van der Waals surface area (Å²) in [7, 11) is 0. The van der Waals surface area contributed by atoms with E-state index in [9.17, 15) is 0 Å². The van der Waals surface area contributed by atoms with Crippen LogP contribution in [0.4, 0.5) is 5.69 Å². The molecule has 2 aromatic rings. The Morgan fingerprint density at radius 2 is 1.67 bits per heavy atom. The van der Waals surface area contributed by atoms with E-state index in [1.54, 1.807) is 0 Å². The topological polar surface area (TPSA) is 24.7 Å². The van der Waals surface area contributed by atoms with E-state index in [1.165, 1.54) is 22.3 Å². The maximum Gasteiger partial charge on any atom is 0.0916 e. The highest BCUT2D eigenvalue weighted by atomic mass is 14.8. The molecule has 1 aliphatic carbocycles. The second-order valence-electron chi connectivity index (χ2n) is 5.54. The first-order valence-corrected chi connectivity index (χ1v) is 7.11. The third-order valence-electron chi connectivity index (χ3n) is 4.59. The molecule has 0 bridgehead atoms. The fourth-order valence-corrected chi connectivity index (χ4v) is 3.75. The van der Waals surface area contributed by atoms with E-state index in [4.69, 9.17) is 0 Å². The van der Waals surface area contributed by atoms with Crippen LogP contribution in [0, 0.1) is 0 Å². The van der Waals surface area contributed by atoms with Crippen molar-refractivity contribution in [1.82, 2.24) is 0 Å². The van der Waals surface area contributed by atoms with E-state index in [1.807, 2.05) is 18.5 Å². The van der Waals surface area contributed by atoms with Crippen LogP contribution in [0.3, 0.4) is 0 Å². The minimum absolute atomic E-state index is 0.274. The van der Waals surface area contributed by atoms with Gasteiger partial charge < -0.3 is 0 Å². The Kier molecular flexibility index (Phi) is 1.92. The van der Waals surface area contributed by atoms with Gasteiger partial charge in [0.1, 0.15) is 0 Å². The minimum Gasteiger partial charge on any atom is -0.258 e. The highest BCUT2D eigenvalue weighted by molar-refractivity contribution is 6.40. The van der Waals surface area contributed by atoms with Gasteiger partial charge in [-0.15, -0.1) is 0 Å². The summed E-state index contributed by atoms with van der Waals surface area (Å²) >= 11 is 0. The zero-order valence-corrected chi connectivity index (χ0v) is 11.3. The molecule has 0 N–H and O–H groups in total. The predicted molar refractivity (Wildman–Crippen MR) is 86.4 cm³/mol. The maximum atomic E-state index is 4.63. The lowest BCUT2D eigenvalue weighted by Crippen LogP contribution is -2.41. The number of rotatable bonds is 0. The second-order valence-corrected chi connectivity index (χ2v) is 5.54. The molecule has 2 aromatic carbocycles. The van der Waals surface area contributed by atoms with Crippen molar-refractivity contribution < 1.29 is 0 Å². The first kappa shape index (κ1) is 11.0. The van der Waals surface area contributed by atoms with Gasteiger partial charge in [0.25, 0.3) is 0 Å². The molecular weight excluding hydrogens is 256 g/mol. The van der Waals surface area contributed by atoms with Crippen molar-refractivity contribution in [1.29, 1.82) is 0 Å². The third-order valence-corrected chi connectivity index (χ3v) is 4.59. The summed E-state index contributed by atoms with van der Waals surface area (Å²) in [6, 6.07) is 17.0. The van der Waals surface area contributed by atoms with Crippen molar-refractivity contribution in [2.75, 3.05) is 0 Å². The highest BCUT2D eigenvalue weighted by Crippen LogP contribution is 2.53.